The van der Waals surface area contributed by atoms with E-state index in [2.05, 4.69) is 54.6 Å². The predicted molar refractivity (Wildman–Crippen MR) is 129 cm³/mol. The van der Waals surface area contributed by atoms with Gasteiger partial charge in [-0.25, -0.2) is 0 Å². The first-order chi connectivity index (χ1) is 15.2. The summed E-state index contributed by atoms with van der Waals surface area (Å²) in [6.07, 6.45) is 7.88. The molecule has 0 bridgehead atoms. The van der Waals surface area contributed by atoms with Gasteiger partial charge in [-0.05, 0) is 45.0 Å². The second-order valence-corrected chi connectivity index (χ2v) is 7.91. The molecule has 4 aromatic rings. The summed E-state index contributed by atoms with van der Waals surface area (Å²) in [5.41, 5.74) is 6.15. The van der Waals surface area contributed by atoms with E-state index in [1.165, 1.54) is 0 Å². The molecule has 4 aromatic carbocycles. The molecular formula is C28H20Na2O2S. The summed E-state index contributed by atoms with van der Waals surface area (Å²) in [6, 6.07) is 34.6. The van der Waals surface area contributed by atoms with Gasteiger partial charge in [-0.15, -0.1) is 36.4 Å². The van der Waals surface area contributed by atoms with Crippen LogP contribution < -0.4 is 59.1 Å². The molecule has 0 aliphatic carbocycles. The fourth-order valence-corrected chi connectivity index (χ4v) is 3.74. The zero-order chi connectivity index (χ0) is 21.5. The van der Waals surface area contributed by atoms with Gasteiger partial charge in [-0.3, -0.25) is 4.21 Å². The van der Waals surface area contributed by atoms with Gasteiger partial charge in [0, 0.05) is 4.90 Å². The summed E-state index contributed by atoms with van der Waals surface area (Å²) in [5, 5.41) is 0. The Morgan fingerprint density at radius 2 is 1.18 bits per heavy atom. The Hall–Kier alpha value is -1.53. The molecule has 0 amide bonds. The van der Waals surface area contributed by atoms with E-state index >= 15 is 0 Å². The van der Waals surface area contributed by atoms with Crippen LogP contribution >= 0.6 is 0 Å². The molecule has 0 aromatic heterocycles. The third-order valence-corrected chi connectivity index (χ3v) is 5.63. The summed E-state index contributed by atoms with van der Waals surface area (Å²) in [4.78, 5) is 0.301. The second kappa shape index (κ2) is 14.0. The molecule has 0 aliphatic rings. The monoisotopic (exact) mass is 466 g/mol. The van der Waals surface area contributed by atoms with E-state index in [0.717, 1.165) is 27.8 Å². The standard InChI is InChI=1S/C28H21O2S.2Na/c29-31(30)28-9-5-4-8-27(28)21-16-24-14-19-26(20-15-24)25-17-12-23(13-18-25)11-10-22-6-2-1-3-7-22;;/h1-6,8-21H,(H,29,30);;/q-1;2*+1/p-1. The summed E-state index contributed by atoms with van der Waals surface area (Å²) in [6.45, 7) is 0. The van der Waals surface area contributed by atoms with E-state index in [9.17, 15) is 8.76 Å². The minimum absolute atomic E-state index is 0. The zero-order valence-corrected chi connectivity index (χ0v) is 23.6. The molecule has 0 spiro atoms. The Kier molecular flexibility index (Phi) is 11.8. The van der Waals surface area contributed by atoms with Crippen molar-refractivity contribution in [3.8, 4) is 11.1 Å². The fraction of sp³-hybridized carbons (Fsp3) is 0. The maximum atomic E-state index is 11.3. The van der Waals surface area contributed by atoms with Gasteiger partial charge in [0.25, 0.3) is 0 Å². The Labute approximate surface area is 242 Å². The van der Waals surface area contributed by atoms with Crippen molar-refractivity contribution in [2.24, 2.45) is 0 Å². The van der Waals surface area contributed by atoms with Crippen molar-refractivity contribution in [3.05, 3.63) is 125 Å². The summed E-state index contributed by atoms with van der Waals surface area (Å²) < 4.78 is 22.7. The molecule has 0 saturated carbocycles. The van der Waals surface area contributed by atoms with Gasteiger partial charge in [0.05, 0.1) is 0 Å². The van der Waals surface area contributed by atoms with Crippen LogP contribution in [0.5, 0.6) is 0 Å². The summed E-state index contributed by atoms with van der Waals surface area (Å²) in [7, 11) is 0. The smallest absolute Gasteiger partial charge is 0.768 e. The Bertz CT molecular complexity index is 1230. The summed E-state index contributed by atoms with van der Waals surface area (Å²) >= 11 is -2.25. The number of hydrogen-bond acceptors (Lipinski definition) is 2. The van der Waals surface area contributed by atoms with Gasteiger partial charge in [0.2, 0.25) is 0 Å². The van der Waals surface area contributed by atoms with Crippen molar-refractivity contribution >= 4 is 35.4 Å². The molecule has 0 radical (unpaired) electrons. The van der Waals surface area contributed by atoms with Crippen LogP contribution in [-0.2, 0) is 11.1 Å². The Balaban J connectivity index is 0.00000193. The molecule has 1 unspecified atom stereocenters. The maximum Gasteiger partial charge on any atom is 1.00 e. The van der Waals surface area contributed by atoms with Gasteiger partial charge in [-0.2, -0.15) is 5.56 Å². The minimum atomic E-state index is -2.25. The number of rotatable bonds is 6. The minimum Gasteiger partial charge on any atom is -0.768 e. The number of hydrogen-bond donors (Lipinski definition) is 0. The van der Waals surface area contributed by atoms with Gasteiger partial charge in [0.15, 0.2) is 0 Å². The number of benzene rings is 4. The first kappa shape index (κ1) is 27.7. The van der Waals surface area contributed by atoms with Crippen molar-refractivity contribution in [3.63, 3.8) is 0 Å². The van der Waals surface area contributed by atoms with Gasteiger partial charge in [0.1, 0.15) is 0 Å². The molecular weight excluding hydrogens is 446 g/mol. The molecule has 0 saturated heterocycles. The van der Waals surface area contributed by atoms with Crippen molar-refractivity contribution in [2.75, 3.05) is 0 Å². The first-order valence-corrected chi connectivity index (χ1v) is 11.0. The van der Waals surface area contributed by atoms with E-state index < -0.39 is 11.1 Å². The van der Waals surface area contributed by atoms with Crippen LogP contribution in [0.3, 0.4) is 0 Å². The fourth-order valence-electron chi connectivity index (χ4n) is 3.23. The Morgan fingerprint density at radius 1 is 0.636 bits per heavy atom. The molecule has 0 N–H and O–H groups in total. The van der Waals surface area contributed by atoms with Crippen molar-refractivity contribution in [1.82, 2.24) is 0 Å². The molecule has 4 rings (SSSR count). The van der Waals surface area contributed by atoms with Crippen molar-refractivity contribution < 1.29 is 67.9 Å². The molecule has 0 aliphatic heterocycles. The van der Waals surface area contributed by atoms with Crippen LogP contribution in [0.25, 0.3) is 35.4 Å². The molecule has 0 fully saturated rings. The van der Waals surface area contributed by atoms with Crippen LogP contribution in [0, 0.1) is 6.07 Å². The third kappa shape index (κ3) is 8.03. The van der Waals surface area contributed by atoms with Crippen LogP contribution in [0.1, 0.15) is 22.3 Å². The molecule has 1 atom stereocenters. The van der Waals surface area contributed by atoms with E-state index in [4.69, 9.17) is 0 Å². The topological polar surface area (TPSA) is 40.1 Å². The third-order valence-electron chi connectivity index (χ3n) is 4.90. The molecule has 5 heteroatoms. The molecule has 0 heterocycles. The predicted octanol–water partition coefficient (Wildman–Crippen LogP) is 0.741. The van der Waals surface area contributed by atoms with Crippen LogP contribution in [0.15, 0.2) is 102 Å². The zero-order valence-electron chi connectivity index (χ0n) is 18.8. The van der Waals surface area contributed by atoms with E-state index in [1.54, 1.807) is 18.2 Å². The summed E-state index contributed by atoms with van der Waals surface area (Å²) in [5.74, 6) is 0. The maximum absolute atomic E-state index is 11.3. The van der Waals surface area contributed by atoms with Gasteiger partial charge < -0.3 is 4.55 Å². The van der Waals surface area contributed by atoms with E-state index in [0.29, 0.717) is 10.5 Å². The first-order valence-electron chi connectivity index (χ1n) is 9.91. The average molecular weight is 467 g/mol. The molecule has 33 heavy (non-hydrogen) atoms. The average Bonchev–Trinajstić information content (AvgIpc) is 2.83. The Morgan fingerprint density at radius 3 is 1.73 bits per heavy atom. The quantitative estimate of drug-likeness (QED) is 0.182. The molecule has 2 nitrogen and oxygen atoms in total. The SMILES string of the molecule is O=S([O-])c1ccccc1C=Cc1ccc(-c2ccc(C=Cc3[c-]cccc3)cc2)cc1.[Na+].[Na+]. The van der Waals surface area contributed by atoms with Gasteiger partial charge in [-0.1, -0.05) is 85.0 Å². The van der Waals surface area contributed by atoms with E-state index in [1.807, 2.05) is 54.6 Å². The largest absolute Gasteiger partial charge is 1.00 e. The molecule has 152 valence electrons. The van der Waals surface area contributed by atoms with Gasteiger partial charge >= 0.3 is 59.1 Å². The van der Waals surface area contributed by atoms with Crippen LogP contribution in [0.2, 0.25) is 0 Å². The van der Waals surface area contributed by atoms with E-state index in [-0.39, 0.29) is 59.1 Å². The van der Waals surface area contributed by atoms with Crippen molar-refractivity contribution in [1.29, 1.82) is 0 Å². The van der Waals surface area contributed by atoms with Crippen LogP contribution in [0.4, 0.5) is 0 Å². The normalized spacial score (nSPS) is 11.7. The van der Waals surface area contributed by atoms with Crippen molar-refractivity contribution in [2.45, 2.75) is 4.90 Å². The van der Waals surface area contributed by atoms with Crippen LogP contribution in [-0.4, -0.2) is 8.76 Å². The second-order valence-electron chi connectivity index (χ2n) is 7.00.